The number of fused-ring (bicyclic) bond motifs is 4. The molecule has 170 valence electrons. The standard InChI is InChI=1S/C29H22N2.C4H6/c1-2-19-10-9-13-22-23(19)18-24-27(25-14-5-7-16-30-25)20-11-3-4-12-21(20)29(28(22)24)26-15-6-8-17-31-26;1-3-4-2/h3-17H,2,18H2,1H3;3-4H,1-2H2. The Morgan fingerprint density at radius 1 is 0.657 bits per heavy atom. The monoisotopic (exact) mass is 452 g/mol. The Bertz CT molecular complexity index is 1510. The molecule has 2 heteroatoms. The number of allylic oxidation sites excluding steroid dienone is 2. The van der Waals surface area contributed by atoms with Crippen molar-refractivity contribution in [2.75, 3.05) is 0 Å². The van der Waals surface area contributed by atoms with Crippen LogP contribution in [0.1, 0.15) is 23.6 Å². The molecule has 0 spiro atoms. The number of rotatable bonds is 4. The number of hydrogen-bond donors (Lipinski definition) is 0. The zero-order chi connectivity index (χ0) is 24.2. The van der Waals surface area contributed by atoms with Crippen LogP contribution >= 0.6 is 0 Å². The SMILES string of the molecule is C=CC=C.CCc1cccc2c1Cc1c-2c(-c2ccccn2)c2ccccc2c1-c1ccccn1. The molecule has 0 aliphatic heterocycles. The fourth-order valence-corrected chi connectivity index (χ4v) is 5.13. The Kier molecular flexibility index (Phi) is 6.36. The Morgan fingerprint density at radius 2 is 1.26 bits per heavy atom. The van der Waals surface area contributed by atoms with Gasteiger partial charge in [-0.25, -0.2) is 0 Å². The molecule has 0 radical (unpaired) electrons. The van der Waals surface area contributed by atoms with E-state index in [1.165, 1.54) is 49.7 Å². The fourth-order valence-electron chi connectivity index (χ4n) is 5.13. The van der Waals surface area contributed by atoms with Gasteiger partial charge < -0.3 is 0 Å². The topological polar surface area (TPSA) is 25.8 Å². The molecule has 1 aliphatic rings. The van der Waals surface area contributed by atoms with E-state index in [9.17, 15) is 0 Å². The summed E-state index contributed by atoms with van der Waals surface area (Å²) in [6, 6.07) is 27.9. The third-order valence-corrected chi connectivity index (χ3v) is 6.60. The van der Waals surface area contributed by atoms with Crippen LogP contribution in [0.15, 0.2) is 117 Å². The van der Waals surface area contributed by atoms with Crippen LogP contribution in [0.4, 0.5) is 0 Å². The van der Waals surface area contributed by atoms with Crippen molar-refractivity contribution >= 4 is 10.8 Å². The summed E-state index contributed by atoms with van der Waals surface area (Å²) in [5.74, 6) is 0. The summed E-state index contributed by atoms with van der Waals surface area (Å²) in [4.78, 5) is 9.55. The average Bonchev–Trinajstić information content (AvgIpc) is 3.31. The highest BCUT2D eigenvalue weighted by Crippen LogP contribution is 2.51. The van der Waals surface area contributed by atoms with Crippen molar-refractivity contribution < 1.29 is 0 Å². The Balaban J connectivity index is 0.000000591. The van der Waals surface area contributed by atoms with E-state index in [2.05, 4.69) is 86.8 Å². The van der Waals surface area contributed by atoms with Gasteiger partial charge in [0.15, 0.2) is 0 Å². The number of nitrogens with zero attached hydrogens (tertiary/aromatic N) is 2. The maximum Gasteiger partial charge on any atom is 0.0714 e. The molecule has 0 amide bonds. The molecule has 0 atom stereocenters. The van der Waals surface area contributed by atoms with E-state index in [4.69, 9.17) is 9.97 Å². The first-order valence-corrected chi connectivity index (χ1v) is 12.0. The average molecular weight is 453 g/mol. The Morgan fingerprint density at radius 3 is 1.83 bits per heavy atom. The van der Waals surface area contributed by atoms with Crippen LogP contribution in [0.3, 0.4) is 0 Å². The second-order valence-corrected chi connectivity index (χ2v) is 8.52. The number of pyridine rings is 2. The van der Waals surface area contributed by atoms with Gasteiger partial charge in [0.25, 0.3) is 0 Å². The molecule has 0 N–H and O–H groups in total. The Hall–Kier alpha value is -4.30. The normalized spacial score (nSPS) is 11.2. The second-order valence-electron chi connectivity index (χ2n) is 8.52. The maximum atomic E-state index is 4.78. The quantitative estimate of drug-likeness (QED) is 0.251. The minimum Gasteiger partial charge on any atom is -0.256 e. The van der Waals surface area contributed by atoms with Crippen molar-refractivity contribution in [1.82, 2.24) is 9.97 Å². The van der Waals surface area contributed by atoms with Crippen molar-refractivity contribution in [3.8, 4) is 33.6 Å². The molecule has 5 aromatic rings. The molecular formula is C33H28N2. The highest BCUT2D eigenvalue weighted by molar-refractivity contribution is 6.13. The predicted octanol–water partition coefficient (Wildman–Crippen LogP) is 8.46. The number of aryl methyl sites for hydroxylation is 1. The number of benzene rings is 3. The molecule has 0 saturated heterocycles. The molecule has 6 rings (SSSR count). The summed E-state index contributed by atoms with van der Waals surface area (Å²) >= 11 is 0. The van der Waals surface area contributed by atoms with Gasteiger partial charge in [0.1, 0.15) is 0 Å². The summed E-state index contributed by atoms with van der Waals surface area (Å²) < 4.78 is 0. The van der Waals surface area contributed by atoms with Crippen LogP contribution in [0, 0.1) is 0 Å². The molecule has 2 heterocycles. The smallest absolute Gasteiger partial charge is 0.0714 e. The van der Waals surface area contributed by atoms with Crippen LogP contribution in [0.5, 0.6) is 0 Å². The van der Waals surface area contributed by atoms with Gasteiger partial charge in [-0.05, 0) is 75.7 Å². The predicted molar refractivity (Wildman–Crippen MR) is 148 cm³/mol. The van der Waals surface area contributed by atoms with Crippen molar-refractivity contribution in [1.29, 1.82) is 0 Å². The fraction of sp³-hybridized carbons (Fsp3) is 0.0909. The highest BCUT2D eigenvalue weighted by Gasteiger charge is 2.30. The van der Waals surface area contributed by atoms with Gasteiger partial charge in [-0.3, -0.25) is 9.97 Å². The molecule has 2 nitrogen and oxygen atoms in total. The summed E-state index contributed by atoms with van der Waals surface area (Å²) in [5, 5.41) is 2.47. The molecule has 0 saturated carbocycles. The van der Waals surface area contributed by atoms with Crippen LogP contribution < -0.4 is 0 Å². The summed E-state index contributed by atoms with van der Waals surface area (Å²) in [6.07, 6.45) is 9.03. The summed E-state index contributed by atoms with van der Waals surface area (Å²) in [6.45, 7) is 8.97. The third kappa shape index (κ3) is 3.98. The lowest BCUT2D eigenvalue weighted by Gasteiger charge is -2.18. The maximum absolute atomic E-state index is 4.78. The minimum absolute atomic E-state index is 0.936. The van der Waals surface area contributed by atoms with E-state index in [0.717, 1.165) is 24.2 Å². The van der Waals surface area contributed by atoms with Crippen molar-refractivity contribution in [3.63, 3.8) is 0 Å². The summed E-state index contributed by atoms with van der Waals surface area (Å²) in [7, 11) is 0. The van der Waals surface area contributed by atoms with Crippen molar-refractivity contribution in [2.24, 2.45) is 0 Å². The summed E-state index contributed by atoms with van der Waals surface area (Å²) in [5.41, 5.74) is 11.5. The van der Waals surface area contributed by atoms with E-state index in [1.54, 1.807) is 12.2 Å². The van der Waals surface area contributed by atoms with Gasteiger partial charge in [0.2, 0.25) is 0 Å². The lowest BCUT2D eigenvalue weighted by molar-refractivity contribution is 1.08. The molecule has 0 fully saturated rings. The van der Waals surface area contributed by atoms with Gasteiger partial charge in [-0.1, -0.05) is 86.8 Å². The first kappa shape index (κ1) is 22.5. The molecule has 2 aromatic heterocycles. The number of aromatic nitrogens is 2. The third-order valence-electron chi connectivity index (χ3n) is 6.60. The number of hydrogen-bond acceptors (Lipinski definition) is 2. The van der Waals surface area contributed by atoms with Gasteiger partial charge in [-0.15, -0.1) is 0 Å². The van der Waals surface area contributed by atoms with Crippen molar-refractivity contribution in [3.05, 3.63) is 133 Å². The van der Waals surface area contributed by atoms with E-state index in [-0.39, 0.29) is 0 Å². The van der Waals surface area contributed by atoms with Crippen LogP contribution in [-0.2, 0) is 12.8 Å². The molecule has 3 aromatic carbocycles. The van der Waals surface area contributed by atoms with E-state index >= 15 is 0 Å². The van der Waals surface area contributed by atoms with Gasteiger partial charge in [0.05, 0.1) is 11.4 Å². The zero-order valence-electron chi connectivity index (χ0n) is 20.0. The molecule has 1 aliphatic carbocycles. The van der Waals surface area contributed by atoms with Crippen LogP contribution in [0.25, 0.3) is 44.4 Å². The Labute approximate surface area is 207 Å². The molecule has 35 heavy (non-hydrogen) atoms. The largest absolute Gasteiger partial charge is 0.256 e. The van der Waals surface area contributed by atoms with Crippen LogP contribution in [-0.4, -0.2) is 9.97 Å². The van der Waals surface area contributed by atoms with E-state index < -0.39 is 0 Å². The molecular weight excluding hydrogens is 424 g/mol. The van der Waals surface area contributed by atoms with Crippen LogP contribution in [0.2, 0.25) is 0 Å². The van der Waals surface area contributed by atoms with E-state index in [1.807, 2.05) is 24.5 Å². The first-order chi connectivity index (χ1) is 17.3. The lowest BCUT2D eigenvalue weighted by Crippen LogP contribution is -1.97. The lowest BCUT2D eigenvalue weighted by atomic mass is 9.86. The van der Waals surface area contributed by atoms with E-state index in [0.29, 0.717) is 0 Å². The molecule has 0 bridgehead atoms. The molecule has 0 unspecified atom stereocenters. The first-order valence-electron chi connectivity index (χ1n) is 12.0. The van der Waals surface area contributed by atoms with Gasteiger partial charge >= 0.3 is 0 Å². The highest BCUT2D eigenvalue weighted by atomic mass is 14.7. The van der Waals surface area contributed by atoms with Gasteiger partial charge in [0, 0.05) is 23.5 Å². The zero-order valence-corrected chi connectivity index (χ0v) is 20.0. The van der Waals surface area contributed by atoms with Gasteiger partial charge in [-0.2, -0.15) is 0 Å². The van der Waals surface area contributed by atoms with Crippen molar-refractivity contribution in [2.45, 2.75) is 19.8 Å². The minimum atomic E-state index is 0.936. The second kappa shape index (κ2) is 9.90.